The molecule has 1 aromatic rings. The summed E-state index contributed by atoms with van der Waals surface area (Å²) in [5.74, 6) is 2.33. The summed E-state index contributed by atoms with van der Waals surface area (Å²) < 4.78 is 11.7. The molecule has 140 valence electrons. The highest BCUT2D eigenvalue weighted by Crippen LogP contribution is 2.40. The van der Waals surface area contributed by atoms with E-state index >= 15 is 0 Å². The summed E-state index contributed by atoms with van der Waals surface area (Å²) in [6.07, 6.45) is 3.51. The molecule has 0 spiro atoms. The van der Waals surface area contributed by atoms with E-state index in [9.17, 15) is 5.11 Å². The molecule has 2 aliphatic rings. The number of halogens is 2. The van der Waals surface area contributed by atoms with Crippen molar-refractivity contribution >= 4 is 45.9 Å². The number of fused-ring (bicyclic) bond motifs is 1. The Kier molecular flexibility index (Phi) is 8.08. The van der Waals surface area contributed by atoms with Crippen molar-refractivity contribution in [1.82, 2.24) is 10.6 Å². The topological polar surface area (TPSA) is 75.1 Å². The quantitative estimate of drug-likeness (QED) is 0.320. The molecule has 0 amide bonds. The smallest absolute Gasteiger partial charge is 0.231 e. The number of hydrogen-bond donors (Lipinski definition) is 3. The number of hydrogen-bond acceptors (Lipinski definition) is 4. The first kappa shape index (κ1) is 20.6. The van der Waals surface area contributed by atoms with Crippen molar-refractivity contribution in [2.24, 2.45) is 4.99 Å². The zero-order valence-electron chi connectivity index (χ0n) is 14.3. The molecule has 0 aromatic heterocycles. The summed E-state index contributed by atoms with van der Waals surface area (Å²) >= 11 is 3.51. The molecular weight excluding hydrogens is 501 g/mol. The molecule has 1 aliphatic heterocycles. The van der Waals surface area contributed by atoms with Crippen LogP contribution in [0.3, 0.4) is 0 Å². The van der Waals surface area contributed by atoms with E-state index in [1.807, 2.05) is 12.1 Å². The highest BCUT2D eigenvalue weighted by atomic mass is 127. The van der Waals surface area contributed by atoms with Crippen molar-refractivity contribution in [3.63, 3.8) is 0 Å². The minimum Gasteiger partial charge on any atom is -0.454 e. The Balaban J connectivity index is 0.00000225. The molecular formula is C17H25BrIN3O3. The van der Waals surface area contributed by atoms with E-state index in [0.717, 1.165) is 59.7 Å². The zero-order valence-corrected chi connectivity index (χ0v) is 18.2. The second-order valence-electron chi connectivity index (χ2n) is 6.16. The maximum Gasteiger partial charge on any atom is 0.231 e. The number of aliphatic hydroxyl groups is 1. The summed E-state index contributed by atoms with van der Waals surface area (Å²) in [4.78, 5) is 4.68. The van der Waals surface area contributed by atoms with Gasteiger partial charge in [-0.15, -0.1) is 24.0 Å². The van der Waals surface area contributed by atoms with E-state index in [1.165, 1.54) is 0 Å². The maximum atomic E-state index is 9.62. The third-order valence-electron chi connectivity index (χ3n) is 4.29. The van der Waals surface area contributed by atoms with Crippen molar-refractivity contribution in [1.29, 1.82) is 0 Å². The summed E-state index contributed by atoms with van der Waals surface area (Å²) in [6.45, 7) is 3.68. The Bertz CT molecular complexity index is 607. The fourth-order valence-electron chi connectivity index (χ4n) is 3.02. The van der Waals surface area contributed by atoms with Gasteiger partial charge in [-0.1, -0.05) is 0 Å². The van der Waals surface area contributed by atoms with Crippen LogP contribution in [0.2, 0.25) is 0 Å². The van der Waals surface area contributed by atoms with Gasteiger partial charge in [0.15, 0.2) is 17.5 Å². The van der Waals surface area contributed by atoms with Crippen molar-refractivity contribution in [3.8, 4) is 11.5 Å². The third kappa shape index (κ3) is 5.62. The number of nitrogens with one attached hydrogen (secondary N) is 2. The number of rotatable bonds is 4. The van der Waals surface area contributed by atoms with Crippen molar-refractivity contribution in [2.45, 2.75) is 51.3 Å². The molecule has 0 saturated heterocycles. The molecule has 8 heteroatoms. The average Bonchev–Trinajstić information content (AvgIpc) is 3.04. The molecule has 0 radical (unpaired) electrons. The molecule has 3 N–H and O–H groups in total. The van der Waals surface area contributed by atoms with Gasteiger partial charge in [0, 0.05) is 12.6 Å². The molecule has 0 atom stereocenters. The van der Waals surface area contributed by atoms with E-state index in [0.29, 0.717) is 12.6 Å². The molecule has 1 heterocycles. The van der Waals surface area contributed by atoms with Crippen LogP contribution in [0.1, 0.15) is 38.2 Å². The summed E-state index contributed by atoms with van der Waals surface area (Å²) in [6, 6.07) is 4.35. The van der Waals surface area contributed by atoms with Crippen LogP contribution in [0, 0.1) is 0 Å². The monoisotopic (exact) mass is 525 g/mol. The first-order chi connectivity index (χ1) is 11.7. The van der Waals surface area contributed by atoms with Gasteiger partial charge in [0.1, 0.15) is 0 Å². The molecule has 1 fully saturated rings. The van der Waals surface area contributed by atoms with E-state index in [4.69, 9.17) is 9.47 Å². The first-order valence-corrected chi connectivity index (χ1v) is 9.26. The van der Waals surface area contributed by atoms with Gasteiger partial charge in [0.05, 0.1) is 17.1 Å². The summed E-state index contributed by atoms with van der Waals surface area (Å²) in [5.41, 5.74) is 1.06. The Morgan fingerprint density at radius 2 is 2.04 bits per heavy atom. The largest absolute Gasteiger partial charge is 0.454 e. The lowest BCUT2D eigenvalue weighted by Gasteiger charge is -2.27. The SMILES string of the molecule is CCNC(=NCc1cc(Br)c2c(c1)OCO2)NC1CCC(O)CC1.I. The van der Waals surface area contributed by atoms with Crippen LogP contribution in [0.5, 0.6) is 11.5 Å². The fraction of sp³-hybridized carbons (Fsp3) is 0.588. The van der Waals surface area contributed by atoms with Crippen LogP contribution in [0.4, 0.5) is 0 Å². The maximum absolute atomic E-state index is 9.62. The molecule has 1 saturated carbocycles. The molecule has 1 aromatic carbocycles. The number of aliphatic hydroxyl groups excluding tert-OH is 1. The highest BCUT2D eigenvalue weighted by molar-refractivity contribution is 14.0. The Morgan fingerprint density at radius 1 is 1.28 bits per heavy atom. The molecule has 3 rings (SSSR count). The number of aliphatic imine (C=N–C) groups is 1. The van der Waals surface area contributed by atoms with Gasteiger partial charge in [-0.25, -0.2) is 4.99 Å². The second-order valence-corrected chi connectivity index (χ2v) is 7.01. The van der Waals surface area contributed by atoms with Gasteiger partial charge in [-0.05, 0) is 66.2 Å². The normalized spacial score (nSPS) is 22.3. The predicted octanol–water partition coefficient (Wildman–Crippen LogP) is 3.15. The summed E-state index contributed by atoms with van der Waals surface area (Å²) in [7, 11) is 0. The minimum atomic E-state index is -0.145. The van der Waals surface area contributed by atoms with Gasteiger partial charge in [-0.3, -0.25) is 0 Å². The molecule has 0 bridgehead atoms. The van der Waals surface area contributed by atoms with Gasteiger partial charge in [-0.2, -0.15) is 0 Å². The number of guanidine groups is 1. The number of nitrogens with zero attached hydrogens (tertiary/aromatic N) is 1. The molecule has 25 heavy (non-hydrogen) atoms. The molecule has 1 aliphatic carbocycles. The summed E-state index contributed by atoms with van der Waals surface area (Å²) in [5, 5.41) is 16.4. The van der Waals surface area contributed by atoms with Crippen molar-refractivity contribution in [2.75, 3.05) is 13.3 Å². The standard InChI is InChI=1S/C17H24BrN3O3.HI/c1-2-19-17(21-12-3-5-13(22)6-4-12)20-9-11-7-14(18)16-15(8-11)23-10-24-16;/h7-8,12-13,22H,2-6,9-10H2,1H3,(H2,19,20,21);1H. The first-order valence-electron chi connectivity index (χ1n) is 8.46. The average molecular weight is 526 g/mol. The van der Waals surface area contributed by atoms with Crippen molar-refractivity contribution < 1.29 is 14.6 Å². The van der Waals surface area contributed by atoms with Crippen LogP contribution in [0.15, 0.2) is 21.6 Å². The molecule has 6 nitrogen and oxygen atoms in total. The Morgan fingerprint density at radius 3 is 2.76 bits per heavy atom. The lowest BCUT2D eigenvalue weighted by atomic mass is 9.93. The van der Waals surface area contributed by atoms with Crippen LogP contribution >= 0.6 is 39.9 Å². The lowest BCUT2D eigenvalue weighted by Crippen LogP contribution is -2.45. The fourth-order valence-corrected chi connectivity index (χ4v) is 3.62. The zero-order chi connectivity index (χ0) is 16.9. The third-order valence-corrected chi connectivity index (χ3v) is 4.88. The Hall–Kier alpha value is -0.740. The van der Waals surface area contributed by atoms with Gasteiger partial charge in [0.25, 0.3) is 0 Å². The lowest BCUT2D eigenvalue weighted by molar-refractivity contribution is 0.120. The Labute approximate surface area is 173 Å². The highest BCUT2D eigenvalue weighted by Gasteiger charge is 2.20. The van der Waals surface area contributed by atoms with Gasteiger partial charge < -0.3 is 25.2 Å². The van der Waals surface area contributed by atoms with Gasteiger partial charge in [0.2, 0.25) is 6.79 Å². The van der Waals surface area contributed by atoms with Gasteiger partial charge >= 0.3 is 0 Å². The van der Waals surface area contributed by atoms with E-state index in [-0.39, 0.29) is 36.9 Å². The van der Waals surface area contributed by atoms with Crippen LogP contribution in [-0.2, 0) is 6.54 Å². The van der Waals surface area contributed by atoms with E-state index in [1.54, 1.807) is 0 Å². The predicted molar refractivity (Wildman–Crippen MR) is 112 cm³/mol. The van der Waals surface area contributed by atoms with Crippen LogP contribution < -0.4 is 20.1 Å². The van der Waals surface area contributed by atoms with Crippen LogP contribution in [0.25, 0.3) is 0 Å². The number of ether oxygens (including phenoxy) is 2. The number of benzene rings is 1. The molecule has 0 unspecified atom stereocenters. The van der Waals surface area contributed by atoms with Crippen LogP contribution in [-0.4, -0.2) is 36.5 Å². The van der Waals surface area contributed by atoms with E-state index < -0.39 is 0 Å². The van der Waals surface area contributed by atoms with E-state index in [2.05, 4.69) is 38.5 Å². The van der Waals surface area contributed by atoms with Crippen molar-refractivity contribution in [3.05, 3.63) is 22.2 Å². The second kappa shape index (κ2) is 9.82. The minimum absolute atomic E-state index is 0.